The predicted molar refractivity (Wildman–Crippen MR) is 65.9 cm³/mol. The predicted octanol–water partition coefficient (Wildman–Crippen LogP) is 2.81. The fourth-order valence-electron chi connectivity index (χ4n) is 1.81. The number of benzene rings is 1. The molecule has 1 aromatic carbocycles. The van der Waals surface area contributed by atoms with Gasteiger partial charge in [-0.25, -0.2) is 0 Å². The maximum atomic E-state index is 5.74. The van der Waals surface area contributed by atoms with Crippen LogP contribution in [0.4, 0.5) is 5.69 Å². The molecule has 0 radical (unpaired) electrons. The molecule has 0 bridgehead atoms. The normalized spacial score (nSPS) is 10.8. The number of pyridine rings is 1. The van der Waals surface area contributed by atoms with Crippen LogP contribution in [0.1, 0.15) is 0 Å². The van der Waals surface area contributed by atoms with Gasteiger partial charge in [0.15, 0.2) is 0 Å². The smallest absolute Gasteiger partial charge is 0.0864 e. The molecular formula is C13H11N3. The van der Waals surface area contributed by atoms with E-state index in [1.165, 1.54) is 0 Å². The van der Waals surface area contributed by atoms with E-state index in [9.17, 15) is 0 Å². The van der Waals surface area contributed by atoms with Gasteiger partial charge in [0.05, 0.1) is 11.4 Å². The molecule has 0 aliphatic carbocycles. The number of aromatic amines is 1. The molecule has 3 aromatic rings. The van der Waals surface area contributed by atoms with Gasteiger partial charge in [-0.2, -0.15) is 0 Å². The van der Waals surface area contributed by atoms with Crippen molar-refractivity contribution in [1.82, 2.24) is 9.97 Å². The Morgan fingerprint density at radius 1 is 1.06 bits per heavy atom. The summed E-state index contributed by atoms with van der Waals surface area (Å²) in [6.07, 6.45) is 1.79. The highest BCUT2D eigenvalue weighted by molar-refractivity contribution is 5.87. The summed E-state index contributed by atoms with van der Waals surface area (Å²) in [6, 6.07) is 13.8. The first-order valence-electron chi connectivity index (χ1n) is 5.12. The summed E-state index contributed by atoms with van der Waals surface area (Å²) in [5.74, 6) is 0. The lowest BCUT2D eigenvalue weighted by Crippen LogP contribution is -1.81. The van der Waals surface area contributed by atoms with Crippen LogP contribution in [-0.2, 0) is 0 Å². The number of H-pyrrole nitrogens is 1. The van der Waals surface area contributed by atoms with E-state index in [2.05, 4.69) is 16.0 Å². The Morgan fingerprint density at radius 2 is 2.00 bits per heavy atom. The van der Waals surface area contributed by atoms with Gasteiger partial charge in [0, 0.05) is 22.8 Å². The van der Waals surface area contributed by atoms with Crippen LogP contribution in [-0.4, -0.2) is 9.97 Å². The molecule has 0 aliphatic heterocycles. The minimum atomic E-state index is 0.777. The van der Waals surface area contributed by atoms with E-state index in [4.69, 9.17) is 5.73 Å². The van der Waals surface area contributed by atoms with Crippen LogP contribution in [0.3, 0.4) is 0 Å². The van der Waals surface area contributed by atoms with Crippen LogP contribution < -0.4 is 5.73 Å². The van der Waals surface area contributed by atoms with Crippen LogP contribution in [0.2, 0.25) is 0 Å². The largest absolute Gasteiger partial charge is 0.399 e. The molecule has 0 amide bonds. The van der Waals surface area contributed by atoms with Crippen molar-refractivity contribution >= 4 is 16.6 Å². The number of rotatable bonds is 1. The molecule has 0 unspecified atom stereocenters. The number of anilines is 1. The highest BCUT2D eigenvalue weighted by Gasteiger charge is 2.03. The van der Waals surface area contributed by atoms with Gasteiger partial charge in [-0.3, -0.25) is 4.98 Å². The lowest BCUT2D eigenvalue weighted by molar-refractivity contribution is 1.29. The molecular weight excluding hydrogens is 198 g/mol. The molecule has 0 atom stereocenters. The lowest BCUT2D eigenvalue weighted by atomic mass is 10.2. The van der Waals surface area contributed by atoms with Gasteiger partial charge >= 0.3 is 0 Å². The molecule has 2 heterocycles. The topological polar surface area (TPSA) is 54.7 Å². The minimum Gasteiger partial charge on any atom is -0.399 e. The molecule has 3 nitrogen and oxygen atoms in total. The van der Waals surface area contributed by atoms with Crippen LogP contribution in [0.15, 0.2) is 48.7 Å². The van der Waals surface area contributed by atoms with Gasteiger partial charge < -0.3 is 10.7 Å². The third kappa shape index (κ3) is 1.42. The van der Waals surface area contributed by atoms with E-state index in [0.29, 0.717) is 0 Å². The van der Waals surface area contributed by atoms with Crippen molar-refractivity contribution in [2.45, 2.75) is 0 Å². The first kappa shape index (κ1) is 8.97. The van der Waals surface area contributed by atoms with E-state index in [0.717, 1.165) is 28.0 Å². The zero-order valence-corrected chi connectivity index (χ0v) is 8.64. The molecule has 16 heavy (non-hydrogen) atoms. The number of hydrogen-bond acceptors (Lipinski definition) is 2. The number of fused-ring (bicyclic) bond motifs is 1. The monoisotopic (exact) mass is 209 g/mol. The lowest BCUT2D eigenvalue weighted by Gasteiger charge is -1.93. The molecule has 78 valence electrons. The summed E-state index contributed by atoms with van der Waals surface area (Å²) in [7, 11) is 0. The zero-order chi connectivity index (χ0) is 11.0. The Labute approximate surface area is 92.9 Å². The number of aromatic nitrogens is 2. The standard InChI is InChI=1S/C13H11N3/c14-10-4-5-11-9(7-10)8-13(16-11)12-3-1-2-6-15-12/h1-8,16H,14H2. The second-order valence-corrected chi connectivity index (χ2v) is 3.74. The van der Waals surface area contributed by atoms with Crippen LogP contribution >= 0.6 is 0 Å². The Bertz CT molecular complexity index is 626. The summed E-state index contributed by atoms with van der Waals surface area (Å²) < 4.78 is 0. The molecule has 3 heteroatoms. The number of nitrogens with two attached hydrogens (primary N) is 1. The van der Waals surface area contributed by atoms with E-state index in [1.54, 1.807) is 6.20 Å². The molecule has 0 spiro atoms. The number of nitrogens with one attached hydrogen (secondary N) is 1. The Morgan fingerprint density at radius 3 is 2.81 bits per heavy atom. The van der Waals surface area contributed by atoms with Gasteiger partial charge in [-0.05, 0) is 36.4 Å². The number of nitrogens with zero attached hydrogens (tertiary/aromatic N) is 1. The van der Waals surface area contributed by atoms with E-state index < -0.39 is 0 Å². The highest BCUT2D eigenvalue weighted by atomic mass is 14.8. The van der Waals surface area contributed by atoms with Crippen LogP contribution in [0.25, 0.3) is 22.3 Å². The van der Waals surface area contributed by atoms with Crippen molar-refractivity contribution < 1.29 is 0 Å². The average Bonchev–Trinajstić information content (AvgIpc) is 2.73. The highest BCUT2D eigenvalue weighted by Crippen LogP contribution is 2.23. The summed E-state index contributed by atoms with van der Waals surface area (Å²) in [4.78, 5) is 7.63. The van der Waals surface area contributed by atoms with Crippen molar-refractivity contribution in [2.24, 2.45) is 0 Å². The minimum absolute atomic E-state index is 0.777. The Balaban J connectivity index is 2.19. The van der Waals surface area contributed by atoms with Gasteiger partial charge in [-0.1, -0.05) is 6.07 Å². The number of hydrogen-bond donors (Lipinski definition) is 2. The second kappa shape index (κ2) is 3.38. The molecule has 3 rings (SSSR count). The SMILES string of the molecule is Nc1ccc2[nH]c(-c3ccccn3)cc2c1. The first-order chi connectivity index (χ1) is 7.83. The summed E-state index contributed by atoms with van der Waals surface area (Å²) in [5, 5.41) is 1.11. The fraction of sp³-hybridized carbons (Fsp3) is 0. The van der Waals surface area contributed by atoms with Crippen molar-refractivity contribution in [2.75, 3.05) is 5.73 Å². The Hall–Kier alpha value is -2.29. The summed E-state index contributed by atoms with van der Waals surface area (Å²) in [6.45, 7) is 0. The van der Waals surface area contributed by atoms with Gasteiger partial charge in [0.25, 0.3) is 0 Å². The third-order valence-corrected chi connectivity index (χ3v) is 2.59. The Kier molecular flexibility index (Phi) is 1.90. The molecule has 2 aromatic heterocycles. The second-order valence-electron chi connectivity index (χ2n) is 3.74. The van der Waals surface area contributed by atoms with Crippen LogP contribution in [0.5, 0.6) is 0 Å². The third-order valence-electron chi connectivity index (χ3n) is 2.59. The summed E-state index contributed by atoms with van der Waals surface area (Å²) >= 11 is 0. The quantitative estimate of drug-likeness (QED) is 0.605. The number of nitrogen functional groups attached to an aromatic ring is 1. The molecule has 0 aliphatic rings. The molecule has 0 fully saturated rings. The van der Waals surface area contributed by atoms with Gasteiger partial charge in [0.1, 0.15) is 0 Å². The maximum absolute atomic E-state index is 5.74. The molecule has 0 saturated heterocycles. The van der Waals surface area contributed by atoms with Crippen LogP contribution in [0, 0.1) is 0 Å². The van der Waals surface area contributed by atoms with Crippen molar-refractivity contribution in [3.63, 3.8) is 0 Å². The molecule has 0 saturated carbocycles. The van der Waals surface area contributed by atoms with Crippen molar-refractivity contribution in [3.8, 4) is 11.4 Å². The van der Waals surface area contributed by atoms with E-state index in [1.807, 2.05) is 36.4 Å². The van der Waals surface area contributed by atoms with E-state index in [-0.39, 0.29) is 0 Å². The molecule has 3 N–H and O–H groups in total. The van der Waals surface area contributed by atoms with Gasteiger partial charge in [0.2, 0.25) is 0 Å². The van der Waals surface area contributed by atoms with Gasteiger partial charge in [-0.15, -0.1) is 0 Å². The maximum Gasteiger partial charge on any atom is 0.0864 e. The first-order valence-corrected chi connectivity index (χ1v) is 5.12. The van der Waals surface area contributed by atoms with Crippen molar-refractivity contribution in [1.29, 1.82) is 0 Å². The fourth-order valence-corrected chi connectivity index (χ4v) is 1.81. The average molecular weight is 209 g/mol. The van der Waals surface area contributed by atoms with E-state index >= 15 is 0 Å². The summed E-state index contributed by atoms with van der Waals surface area (Å²) in [5.41, 5.74) is 9.55. The zero-order valence-electron chi connectivity index (χ0n) is 8.64. The van der Waals surface area contributed by atoms with Crippen molar-refractivity contribution in [3.05, 3.63) is 48.7 Å².